The molecule has 1 heterocycles. The van der Waals surface area contributed by atoms with E-state index in [-0.39, 0.29) is 36.2 Å². The van der Waals surface area contributed by atoms with Crippen LogP contribution in [0.5, 0.6) is 0 Å². The van der Waals surface area contributed by atoms with Gasteiger partial charge in [-0.2, -0.15) is 0 Å². The van der Waals surface area contributed by atoms with E-state index in [9.17, 15) is 14.4 Å². The van der Waals surface area contributed by atoms with Gasteiger partial charge in [-0.3, -0.25) is 14.4 Å². The van der Waals surface area contributed by atoms with Gasteiger partial charge in [0.1, 0.15) is 0 Å². The Labute approximate surface area is 244 Å². The molecule has 2 saturated carbocycles. The van der Waals surface area contributed by atoms with E-state index >= 15 is 0 Å². The summed E-state index contributed by atoms with van der Waals surface area (Å²) < 4.78 is 0. The highest BCUT2D eigenvalue weighted by Crippen LogP contribution is 2.30. The van der Waals surface area contributed by atoms with Crippen molar-refractivity contribution in [3.05, 3.63) is 59.7 Å². The van der Waals surface area contributed by atoms with Gasteiger partial charge in [0.2, 0.25) is 11.8 Å². The lowest BCUT2D eigenvalue weighted by Crippen LogP contribution is -2.40. The lowest BCUT2D eigenvalue weighted by molar-refractivity contribution is -0.136. The van der Waals surface area contributed by atoms with E-state index in [0.29, 0.717) is 30.2 Å². The number of carbonyl (C=O) groups excluding carboxylic acids is 3. The molecule has 1 aliphatic heterocycles. The fourth-order valence-electron chi connectivity index (χ4n) is 6.55. The first-order valence-electron chi connectivity index (χ1n) is 15.5. The molecule has 0 radical (unpaired) electrons. The van der Waals surface area contributed by atoms with Crippen molar-refractivity contribution in [1.82, 2.24) is 10.2 Å². The minimum Gasteiger partial charge on any atom is -0.368 e. The minimum atomic E-state index is -0.129. The van der Waals surface area contributed by atoms with Gasteiger partial charge >= 0.3 is 0 Å². The van der Waals surface area contributed by atoms with E-state index in [0.717, 1.165) is 82.1 Å². The van der Waals surface area contributed by atoms with Crippen LogP contribution in [0.25, 0.3) is 0 Å². The van der Waals surface area contributed by atoms with Crippen molar-refractivity contribution in [2.75, 3.05) is 36.4 Å². The Morgan fingerprint density at radius 1 is 0.805 bits per heavy atom. The van der Waals surface area contributed by atoms with Gasteiger partial charge in [0.05, 0.1) is 17.8 Å². The van der Waals surface area contributed by atoms with Crippen molar-refractivity contribution in [1.29, 1.82) is 0 Å². The second kappa shape index (κ2) is 14.0. The third-order valence-corrected chi connectivity index (χ3v) is 8.95. The Morgan fingerprint density at radius 2 is 1.56 bits per heavy atom. The maximum absolute atomic E-state index is 13.2. The van der Waals surface area contributed by atoms with Crippen LogP contribution in [-0.4, -0.2) is 60.9 Å². The predicted molar refractivity (Wildman–Crippen MR) is 163 cm³/mol. The van der Waals surface area contributed by atoms with Crippen molar-refractivity contribution >= 4 is 29.1 Å². The standard InChI is InChI=1S/C33H45N5O3/c34-27-13-15-28(16-14-27)35-32(40)26-12-17-30(29(23-26)36-31(39)22-24-8-3-1-4-9-24)37-18-7-19-38(21-20-37)33(41)25-10-5-2-6-11-25/h1,3-4,8-9,12,17,23,25,27-28H,2,5-7,10-11,13-16,18-22,34H2,(H,35,40)(H,36,39). The average Bonchev–Trinajstić information content (AvgIpc) is 3.25. The topological polar surface area (TPSA) is 108 Å². The second-order valence-corrected chi connectivity index (χ2v) is 12.0. The highest BCUT2D eigenvalue weighted by Gasteiger charge is 2.28. The first-order valence-corrected chi connectivity index (χ1v) is 15.5. The molecule has 0 spiro atoms. The lowest BCUT2D eigenvalue weighted by Gasteiger charge is -2.29. The zero-order valence-electron chi connectivity index (χ0n) is 24.2. The summed E-state index contributed by atoms with van der Waals surface area (Å²) >= 11 is 0. The van der Waals surface area contributed by atoms with Crippen LogP contribution in [0.1, 0.15) is 80.1 Å². The molecule has 8 nitrogen and oxygen atoms in total. The molecule has 2 aliphatic carbocycles. The number of benzene rings is 2. The smallest absolute Gasteiger partial charge is 0.251 e. The van der Waals surface area contributed by atoms with Gasteiger partial charge in [0, 0.05) is 49.7 Å². The molecule has 3 aliphatic rings. The summed E-state index contributed by atoms with van der Waals surface area (Å²) in [5, 5.41) is 6.28. The van der Waals surface area contributed by atoms with E-state index in [1.54, 1.807) is 6.07 Å². The molecular formula is C33H45N5O3. The Morgan fingerprint density at radius 3 is 2.32 bits per heavy atom. The van der Waals surface area contributed by atoms with E-state index in [2.05, 4.69) is 15.5 Å². The zero-order chi connectivity index (χ0) is 28.6. The molecule has 220 valence electrons. The Kier molecular flexibility index (Phi) is 9.93. The van der Waals surface area contributed by atoms with Crippen molar-refractivity contribution in [2.24, 2.45) is 11.7 Å². The number of anilines is 2. The maximum Gasteiger partial charge on any atom is 0.251 e. The Bertz CT molecular complexity index is 1190. The van der Waals surface area contributed by atoms with Gasteiger partial charge in [-0.15, -0.1) is 0 Å². The first-order chi connectivity index (χ1) is 20.0. The number of nitrogens with one attached hydrogen (secondary N) is 2. The highest BCUT2D eigenvalue weighted by atomic mass is 16.2. The van der Waals surface area contributed by atoms with Crippen LogP contribution in [0.4, 0.5) is 11.4 Å². The number of carbonyl (C=O) groups is 3. The molecule has 2 aromatic rings. The summed E-state index contributed by atoms with van der Waals surface area (Å²) in [7, 11) is 0. The summed E-state index contributed by atoms with van der Waals surface area (Å²) in [6.07, 6.45) is 10.3. The molecule has 0 atom stereocenters. The molecule has 0 bridgehead atoms. The molecule has 3 fully saturated rings. The molecule has 5 rings (SSSR count). The number of amides is 3. The fourth-order valence-corrected chi connectivity index (χ4v) is 6.55. The molecule has 3 amide bonds. The summed E-state index contributed by atoms with van der Waals surface area (Å²) in [5.41, 5.74) is 9.03. The summed E-state index contributed by atoms with van der Waals surface area (Å²) in [4.78, 5) is 43.9. The van der Waals surface area contributed by atoms with Gasteiger partial charge in [0.25, 0.3) is 5.91 Å². The van der Waals surface area contributed by atoms with Crippen molar-refractivity contribution in [3.63, 3.8) is 0 Å². The van der Waals surface area contributed by atoms with Crippen LogP contribution in [0, 0.1) is 5.92 Å². The molecule has 8 heteroatoms. The Hall–Kier alpha value is -3.39. The number of hydrogen-bond acceptors (Lipinski definition) is 5. The van der Waals surface area contributed by atoms with Gasteiger partial charge in [-0.05, 0) is 68.7 Å². The summed E-state index contributed by atoms with van der Waals surface area (Å²) in [6.45, 7) is 2.89. The van der Waals surface area contributed by atoms with Crippen molar-refractivity contribution < 1.29 is 14.4 Å². The van der Waals surface area contributed by atoms with Crippen LogP contribution in [0.15, 0.2) is 48.5 Å². The van der Waals surface area contributed by atoms with E-state index in [1.807, 2.05) is 47.4 Å². The van der Waals surface area contributed by atoms with Crippen LogP contribution in [0.2, 0.25) is 0 Å². The molecule has 41 heavy (non-hydrogen) atoms. The monoisotopic (exact) mass is 559 g/mol. The van der Waals surface area contributed by atoms with Crippen molar-refractivity contribution in [3.8, 4) is 0 Å². The molecular weight excluding hydrogens is 514 g/mol. The van der Waals surface area contributed by atoms with E-state index in [1.165, 1.54) is 6.42 Å². The van der Waals surface area contributed by atoms with E-state index in [4.69, 9.17) is 5.73 Å². The maximum atomic E-state index is 13.2. The molecule has 1 saturated heterocycles. The Balaban J connectivity index is 1.31. The van der Waals surface area contributed by atoms with Crippen LogP contribution < -0.4 is 21.3 Å². The third kappa shape index (κ3) is 7.88. The normalized spacial score (nSPS) is 22.1. The molecule has 0 unspecified atom stereocenters. The van der Waals surface area contributed by atoms with Gasteiger partial charge in [-0.1, -0.05) is 49.6 Å². The third-order valence-electron chi connectivity index (χ3n) is 8.95. The molecule has 2 aromatic carbocycles. The van der Waals surface area contributed by atoms with Crippen molar-refractivity contribution in [2.45, 2.75) is 82.7 Å². The SMILES string of the molecule is NC1CCC(NC(=O)c2ccc(N3CCCN(C(=O)C4CCCCC4)CC3)c(NC(=O)Cc3ccccc3)c2)CC1. The van der Waals surface area contributed by atoms with Crippen LogP contribution in [-0.2, 0) is 16.0 Å². The van der Waals surface area contributed by atoms with Crippen LogP contribution >= 0.6 is 0 Å². The summed E-state index contributed by atoms with van der Waals surface area (Å²) in [6, 6.07) is 15.6. The summed E-state index contributed by atoms with van der Waals surface area (Å²) in [5.74, 6) is 0.218. The number of hydrogen-bond donors (Lipinski definition) is 3. The fraction of sp³-hybridized carbons (Fsp3) is 0.545. The van der Waals surface area contributed by atoms with Gasteiger partial charge < -0.3 is 26.2 Å². The number of nitrogens with two attached hydrogens (primary N) is 1. The largest absolute Gasteiger partial charge is 0.368 e. The average molecular weight is 560 g/mol. The highest BCUT2D eigenvalue weighted by molar-refractivity contribution is 6.00. The lowest BCUT2D eigenvalue weighted by atomic mass is 9.88. The number of rotatable bonds is 7. The van der Waals surface area contributed by atoms with Gasteiger partial charge in [0.15, 0.2) is 0 Å². The van der Waals surface area contributed by atoms with E-state index < -0.39 is 0 Å². The van der Waals surface area contributed by atoms with Gasteiger partial charge in [-0.25, -0.2) is 0 Å². The number of nitrogens with zero attached hydrogens (tertiary/aromatic N) is 2. The molecule has 0 aromatic heterocycles. The zero-order valence-corrected chi connectivity index (χ0v) is 24.2. The quantitative estimate of drug-likeness (QED) is 0.464. The van der Waals surface area contributed by atoms with Crippen LogP contribution in [0.3, 0.4) is 0 Å². The predicted octanol–water partition coefficient (Wildman–Crippen LogP) is 4.49. The minimum absolute atomic E-state index is 0.122. The molecule has 4 N–H and O–H groups in total. The first kappa shape index (κ1) is 29.1. The second-order valence-electron chi connectivity index (χ2n) is 12.0.